The number of aryl methyl sites for hydroxylation is 1. The van der Waals surface area contributed by atoms with E-state index in [1.54, 1.807) is 11.0 Å². The molecule has 0 bridgehead atoms. The summed E-state index contributed by atoms with van der Waals surface area (Å²) >= 11 is 7.33. The molecule has 3 aliphatic heterocycles. The van der Waals surface area contributed by atoms with Gasteiger partial charge in [-0.1, -0.05) is 17.7 Å². The van der Waals surface area contributed by atoms with E-state index in [-0.39, 0.29) is 23.7 Å². The van der Waals surface area contributed by atoms with Crippen LogP contribution in [0.25, 0.3) is 11.8 Å². The SMILES string of the molecule is Cc1cc(/C=C2\C(=N)N3N=C(CC(=O)N4CCOCC4)SC3=NC2=O)c(C)n1-c1cccc(Cl)c1. The van der Waals surface area contributed by atoms with Crippen molar-refractivity contribution in [1.82, 2.24) is 14.5 Å². The lowest BCUT2D eigenvalue weighted by atomic mass is 10.1. The number of amidine groups is 2. The van der Waals surface area contributed by atoms with Crippen LogP contribution in [-0.4, -0.2) is 68.6 Å². The van der Waals surface area contributed by atoms with Crippen molar-refractivity contribution >= 4 is 57.3 Å². The Balaban J connectivity index is 1.40. The summed E-state index contributed by atoms with van der Waals surface area (Å²) in [5, 5.41) is 15.8. The molecule has 1 saturated heterocycles. The number of hydrogen-bond donors (Lipinski definition) is 1. The van der Waals surface area contributed by atoms with Gasteiger partial charge in [-0.05, 0) is 61.5 Å². The Morgan fingerprint density at radius 1 is 1.26 bits per heavy atom. The van der Waals surface area contributed by atoms with Crippen LogP contribution in [0.1, 0.15) is 23.4 Å². The number of thioether (sulfide) groups is 1. The smallest absolute Gasteiger partial charge is 0.283 e. The number of ether oxygens (including phenoxy) is 1. The zero-order valence-corrected chi connectivity index (χ0v) is 20.8. The van der Waals surface area contributed by atoms with Gasteiger partial charge in [0.1, 0.15) is 5.04 Å². The van der Waals surface area contributed by atoms with Crippen molar-refractivity contribution in [1.29, 1.82) is 5.41 Å². The van der Waals surface area contributed by atoms with E-state index < -0.39 is 5.91 Å². The van der Waals surface area contributed by atoms with Gasteiger partial charge in [0.2, 0.25) is 11.1 Å². The fraction of sp³-hybridized carbons (Fsp3) is 0.292. The standard InChI is InChI=1S/C24H23ClN6O3S/c1-14-10-16(15(2)30(14)18-5-3-4-17(25)12-18)11-19-22(26)31-24(27-23(19)33)35-20(28-31)13-21(32)29-6-8-34-9-7-29/h3-5,10-12,26H,6-9,13H2,1-2H3/b19-11+,26-22?. The fourth-order valence-corrected chi connectivity index (χ4v) is 5.32. The predicted octanol–water partition coefficient (Wildman–Crippen LogP) is 3.62. The number of fused-ring (bicyclic) bond motifs is 1. The average molecular weight is 511 g/mol. The maximum atomic E-state index is 12.8. The van der Waals surface area contributed by atoms with Gasteiger partial charge in [0, 0.05) is 35.2 Å². The van der Waals surface area contributed by atoms with Gasteiger partial charge in [-0.25, -0.2) is 0 Å². The minimum atomic E-state index is -0.503. The Labute approximate surface area is 211 Å². The van der Waals surface area contributed by atoms with Crippen molar-refractivity contribution < 1.29 is 14.3 Å². The van der Waals surface area contributed by atoms with Gasteiger partial charge in [0.05, 0.1) is 25.2 Å². The zero-order chi connectivity index (χ0) is 24.7. The van der Waals surface area contributed by atoms with Crippen molar-refractivity contribution in [3.8, 4) is 5.69 Å². The topological polar surface area (TPSA) is 103 Å². The van der Waals surface area contributed by atoms with Crippen LogP contribution in [0.4, 0.5) is 0 Å². The first-order valence-electron chi connectivity index (χ1n) is 11.1. The molecule has 0 atom stereocenters. The van der Waals surface area contributed by atoms with Crippen LogP contribution < -0.4 is 0 Å². The number of halogens is 1. The Hall–Kier alpha value is -3.21. The Bertz CT molecular complexity index is 1340. The van der Waals surface area contributed by atoms with E-state index in [9.17, 15) is 9.59 Å². The van der Waals surface area contributed by atoms with Crippen LogP contribution in [0.5, 0.6) is 0 Å². The van der Waals surface area contributed by atoms with Crippen molar-refractivity contribution in [2.75, 3.05) is 26.3 Å². The third kappa shape index (κ3) is 4.56. The summed E-state index contributed by atoms with van der Waals surface area (Å²) in [6.07, 6.45) is 1.77. The first-order chi connectivity index (χ1) is 16.8. The molecule has 0 aliphatic carbocycles. The van der Waals surface area contributed by atoms with Crippen LogP contribution in [0.15, 0.2) is 46.0 Å². The molecular weight excluding hydrogens is 488 g/mol. The number of benzene rings is 1. The summed E-state index contributed by atoms with van der Waals surface area (Å²) in [5.41, 5.74) is 3.73. The molecule has 2 amide bonds. The van der Waals surface area contributed by atoms with Crippen LogP contribution in [0, 0.1) is 19.3 Å². The summed E-state index contributed by atoms with van der Waals surface area (Å²) < 4.78 is 7.34. The van der Waals surface area contributed by atoms with E-state index in [4.69, 9.17) is 21.7 Å². The number of morpholine rings is 1. The Morgan fingerprint density at radius 2 is 2.03 bits per heavy atom. The number of nitrogens with zero attached hydrogens (tertiary/aromatic N) is 5. The van der Waals surface area contributed by atoms with Crippen molar-refractivity contribution in [2.45, 2.75) is 20.3 Å². The monoisotopic (exact) mass is 510 g/mol. The minimum absolute atomic E-state index is 0.0536. The quantitative estimate of drug-likeness (QED) is 0.633. The van der Waals surface area contributed by atoms with Gasteiger partial charge in [0.25, 0.3) is 5.91 Å². The zero-order valence-electron chi connectivity index (χ0n) is 19.2. The van der Waals surface area contributed by atoms with E-state index in [0.717, 1.165) is 34.4 Å². The van der Waals surface area contributed by atoms with Crippen molar-refractivity contribution in [2.24, 2.45) is 10.1 Å². The lowest BCUT2D eigenvalue weighted by molar-refractivity contribution is -0.133. The van der Waals surface area contributed by atoms with E-state index >= 15 is 0 Å². The fourth-order valence-electron chi connectivity index (χ4n) is 4.26. The first-order valence-corrected chi connectivity index (χ1v) is 12.3. The maximum Gasteiger partial charge on any atom is 0.283 e. The van der Waals surface area contributed by atoms with Crippen molar-refractivity contribution in [3.63, 3.8) is 0 Å². The molecule has 2 aromatic rings. The van der Waals surface area contributed by atoms with E-state index in [1.807, 2.05) is 48.7 Å². The molecule has 0 unspecified atom stereocenters. The first kappa shape index (κ1) is 23.5. The van der Waals surface area contributed by atoms with E-state index in [1.165, 1.54) is 5.01 Å². The highest BCUT2D eigenvalue weighted by Crippen LogP contribution is 2.31. The number of hydrazone groups is 1. The number of rotatable bonds is 4. The normalized spacial score (nSPS) is 19.2. The average Bonchev–Trinajstić information content (AvgIpc) is 3.36. The molecule has 0 radical (unpaired) electrons. The van der Waals surface area contributed by atoms with E-state index in [0.29, 0.717) is 41.5 Å². The van der Waals surface area contributed by atoms with Gasteiger partial charge in [0.15, 0.2) is 5.84 Å². The summed E-state index contributed by atoms with van der Waals surface area (Å²) in [6, 6.07) is 9.49. The predicted molar refractivity (Wildman–Crippen MR) is 137 cm³/mol. The molecule has 180 valence electrons. The van der Waals surface area contributed by atoms with Crippen molar-refractivity contribution in [3.05, 3.63) is 57.9 Å². The number of hydrogen-bond acceptors (Lipinski definition) is 6. The molecule has 3 aliphatic rings. The molecule has 9 nitrogen and oxygen atoms in total. The number of carbonyl (C=O) groups excluding carboxylic acids is 2. The Kier molecular flexibility index (Phi) is 6.35. The molecule has 1 N–H and O–H groups in total. The Morgan fingerprint density at radius 3 is 2.77 bits per heavy atom. The molecule has 1 fully saturated rings. The summed E-state index contributed by atoms with van der Waals surface area (Å²) in [4.78, 5) is 31.3. The van der Waals surface area contributed by atoms with Crippen LogP contribution in [0.3, 0.4) is 0 Å². The molecule has 1 aromatic heterocycles. The third-order valence-electron chi connectivity index (χ3n) is 6.00. The molecule has 35 heavy (non-hydrogen) atoms. The second-order valence-corrected chi connectivity index (χ2v) is 9.80. The van der Waals surface area contributed by atoms with Crippen LogP contribution in [-0.2, 0) is 14.3 Å². The van der Waals surface area contributed by atoms with E-state index in [2.05, 4.69) is 10.1 Å². The summed E-state index contributed by atoms with van der Waals surface area (Å²) in [5.74, 6) is -0.617. The van der Waals surface area contributed by atoms with Gasteiger partial charge < -0.3 is 14.2 Å². The largest absolute Gasteiger partial charge is 0.378 e. The second kappa shape index (κ2) is 9.44. The third-order valence-corrected chi connectivity index (χ3v) is 7.14. The number of carbonyl (C=O) groups is 2. The molecule has 5 rings (SSSR count). The maximum absolute atomic E-state index is 12.8. The summed E-state index contributed by atoms with van der Waals surface area (Å²) in [6.45, 7) is 6.07. The van der Waals surface area contributed by atoms with Crippen LogP contribution in [0.2, 0.25) is 5.02 Å². The lowest BCUT2D eigenvalue weighted by Crippen LogP contribution is -2.41. The molecular formula is C24H23ClN6O3S. The highest BCUT2D eigenvalue weighted by molar-refractivity contribution is 8.27. The number of amides is 2. The second-order valence-electron chi connectivity index (χ2n) is 8.33. The molecule has 1 aromatic carbocycles. The van der Waals surface area contributed by atoms with Crippen LogP contribution >= 0.6 is 23.4 Å². The van der Waals surface area contributed by atoms with Gasteiger partial charge >= 0.3 is 0 Å². The number of aliphatic imine (C=N–C) groups is 1. The molecule has 0 spiro atoms. The molecule has 0 saturated carbocycles. The van der Waals surface area contributed by atoms with Gasteiger partial charge in [-0.15, -0.1) is 0 Å². The minimum Gasteiger partial charge on any atom is -0.378 e. The lowest BCUT2D eigenvalue weighted by Gasteiger charge is -2.26. The molecule has 11 heteroatoms. The van der Waals surface area contributed by atoms with Gasteiger partial charge in [-0.2, -0.15) is 15.1 Å². The highest BCUT2D eigenvalue weighted by Gasteiger charge is 2.36. The molecule has 4 heterocycles. The summed E-state index contributed by atoms with van der Waals surface area (Å²) in [7, 11) is 0. The number of aromatic nitrogens is 1. The highest BCUT2D eigenvalue weighted by atomic mass is 35.5. The van der Waals surface area contributed by atoms with Gasteiger partial charge in [-0.3, -0.25) is 15.0 Å². The number of nitrogens with one attached hydrogen (secondary N) is 1.